The summed E-state index contributed by atoms with van der Waals surface area (Å²) in [5.41, 5.74) is 1.79. The van der Waals surface area contributed by atoms with Gasteiger partial charge in [-0.25, -0.2) is 0 Å². The number of aromatic hydroxyl groups is 1. The molecule has 3 rings (SSSR count). The molecular formula is C13H14N2O2. The average molecular weight is 230 g/mol. The Morgan fingerprint density at radius 1 is 1.41 bits per heavy atom. The van der Waals surface area contributed by atoms with E-state index in [-0.39, 0.29) is 5.75 Å². The zero-order valence-corrected chi connectivity index (χ0v) is 9.39. The van der Waals surface area contributed by atoms with Crippen molar-refractivity contribution >= 4 is 23.0 Å². The quantitative estimate of drug-likeness (QED) is 0.795. The number of rotatable bonds is 3. The van der Waals surface area contributed by atoms with Crippen LogP contribution in [0.1, 0.15) is 19.3 Å². The summed E-state index contributed by atoms with van der Waals surface area (Å²) in [4.78, 5) is 16.1. The number of amides is 1. The topological polar surface area (TPSA) is 56.3 Å². The summed E-state index contributed by atoms with van der Waals surface area (Å²) in [7, 11) is 0. The van der Waals surface area contributed by atoms with Crippen molar-refractivity contribution in [1.82, 2.24) is 4.98 Å². The number of hydrogen-bond acceptors (Lipinski definition) is 2. The van der Waals surface area contributed by atoms with Crippen molar-refractivity contribution < 1.29 is 9.90 Å². The number of aromatic amines is 1. The fourth-order valence-electron chi connectivity index (χ4n) is 2.31. The van der Waals surface area contributed by atoms with Gasteiger partial charge < -0.3 is 15.0 Å². The normalized spacial score (nSPS) is 15.8. The van der Waals surface area contributed by atoms with Crippen LogP contribution in [0.15, 0.2) is 24.4 Å². The number of aromatic nitrogens is 1. The molecule has 0 radical (unpaired) electrons. The third kappa shape index (κ3) is 1.56. The maximum Gasteiger partial charge on any atom is 0.214 e. The molecule has 88 valence electrons. The predicted octanol–water partition coefficient (Wildman–Crippen LogP) is 2.39. The summed E-state index contributed by atoms with van der Waals surface area (Å²) >= 11 is 0. The van der Waals surface area contributed by atoms with Crippen LogP contribution in [0.2, 0.25) is 0 Å². The molecule has 0 spiro atoms. The number of H-pyrrole nitrogens is 1. The molecule has 4 nitrogen and oxygen atoms in total. The van der Waals surface area contributed by atoms with Crippen LogP contribution in [0.25, 0.3) is 10.9 Å². The minimum atomic E-state index is 0.220. The molecule has 2 N–H and O–H groups in total. The molecule has 1 saturated carbocycles. The summed E-state index contributed by atoms with van der Waals surface area (Å²) in [6.07, 6.45) is 6.02. The smallest absolute Gasteiger partial charge is 0.214 e. The molecule has 0 unspecified atom stereocenters. The lowest BCUT2D eigenvalue weighted by atomic mass is 9.91. The van der Waals surface area contributed by atoms with Crippen LogP contribution in [0, 0.1) is 0 Å². The summed E-state index contributed by atoms with van der Waals surface area (Å²) in [5.74, 6) is 0.220. The highest BCUT2D eigenvalue weighted by Crippen LogP contribution is 2.34. The van der Waals surface area contributed by atoms with Gasteiger partial charge in [0.15, 0.2) is 0 Å². The van der Waals surface area contributed by atoms with Gasteiger partial charge in [-0.15, -0.1) is 0 Å². The third-order valence-electron chi connectivity index (χ3n) is 3.50. The second-order valence-electron chi connectivity index (χ2n) is 4.50. The van der Waals surface area contributed by atoms with E-state index in [9.17, 15) is 9.90 Å². The van der Waals surface area contributed by atoms with Crippen molar-refractivity contribution in [3.8, 4) is 5.75 Å². The molecule has 1 aromatic carbocycles. The first-order valence-corrected chi connectivity index (χ1v) is 5.83. The molecule has 0 atom stereocenters. The molecule has 2 aromatic rings. The molecule has 1 aliphatic rings. The number of fused-ring (bicyclic) bond motifs is 1. The van der Waals surface area contributed by atoms with Gasteiger partial charge in [-0.3, -0.25) is 4.79 Å². The van der Waals surface area contributed by atoms with E-state index in [1.807, 2.05) is 12.3 Å². The Balaban J connectivity index is 2.08. The molecule has 0 bridgehead atoms. The maximum absolute atomic E-state index is 11.2. The first-order chi connectivity index (χ1) is 8.29. The molecule has 1 amide bonds. The highest BCUT2D eigenvalue weighted by atomic mass is 16.3. The van der Waals surface area contributed by atoms with E-state index in [2.05, 4.69) is 4.98 Å². The fraction of sp³-hybridized carbons (Fsp3) is 0.308. The van der Waals surface area contributed by atoms with E-state index in [1.165, 1.54) is 6.42 Å². The number of benzene rings is 1. The third-order valence-corrected chi connectivity index (χ3v) is 3.50. The number of anilines is 1. The lowest BCUT2D eigenvalue weighted by Crippen LogP contribution is -2.39. The van der Waals surface area contributed by atoms with Crippen molar-refractivity contribution in [2.45, 2.75) is 25.3 Å². The SMILES string of the molecule is O=CN(c1c[nH]c2ccc(O)cc12)C1CCC1. The van der Waals surface area contributed by atoms with Gasteiger partial charge in [-0.1, -0.05) is 0 Å². The van der Waals surface area contributed by atoms with Crippen LogP contribution < -0.4 is 4.90 Å². The predicted molar refractivity (Wildman–Crippen MR) is 66.1 cm³/mol. The maximum atomic E-state index is 11.2. The Bertz CT molecular complexity index is 558. The van der Waals surface area contributed by atoms with E-state index >= 15 is 0 Å². The van der Waals surface area contributed by atoms with Crippen LogP contribution in [-0.2, 0) is 4.79 Å². The second kappa shape index (κ2) is 3.80. The van der Waals surface area contributed by atoms with Crippen molar-refractivity contribution in [1.29, 1.82) is 0 Å². The van der Waals surface area contributed by atoms with Crippen LogP contribution in [-0.4, -0.2) is 22.5 Å². The Kier molecular flexibility index (Phi) is 2.28. The summed E-state index contributed by atoms with van der Waals surface area (Å²) in [6, 6.07) is 5.46. The van der Waals surface area contributed by atoms with Crippen molar-refractivity contribution in [2.24, 2.45) is 0 Å². The number of nitrogens with one attached hydrogen (secondary N) is 1. The van der Waals surface area contributed by atoms with Gasteiger partial charge in [0.1, 0.15) is 5.75 Å². The minimum Gasteiger partial charge on any atom is -0.508 e. The Morgan fingerprint density at radius 2 is 2.24 bits per heavy atom. The van der Waals surface area contributed by atoms with E-state index in [0.717, 1.165) is 35.8 Å². The van der Waals surface area contributed by atoms with Crippen molar-refractivity contribution in [3.63, 3.8) is 0 Å². The van der Waals surface area contributed by atoms with Gasteiger partial charge in [0.05, 0.1) is 5.69 Å². The van der Waals surface area contributed by atoms with Gasteiger partial charge in [-0.2, -0.15) is 0 Å². The summed E-state index contributed by atoms with van der Waals surface area (Å²) in [5, 5.41) is 10.4. The molecule has 1 aliphatic carbocycles. The summed E-state index contributed by atoms with van der Waals surface area (Å²) in [6.45, 7) is 0. The van der Waals surface area contributed by atoms with Crippen LogP contribution in [0.4, 0.5) is 5.69 Å². The number of carbonyl (C=O) groups is 1. The van der Waals surface area contributed by atoms with E-state index in [1.54, 1.807) is 17.0 Å². The van der Waals surface area contributed by atoms with E-state index < -0.39 is 0 Å². The summed E-state index contributed by atoms with van der Waals surface area (Å²) < 4.78 is 0. The molecule has 1 heterocycles. The number of carbonyl (C=O) groups excluding carboxylic acids is 1. The standard InChI is InChI=1S/C13H14N2O2/c16-8-15(9-2-1-3-9)13-7-14-12-5-4-10(17)6-11(12)13/h4-9,14,17H,1-3H2. The zero-order chi connectivity index (χ0) is 11.8. The fourth-order valence-corrected chi connectivity index (χ4v) is 2.31. The molecule has 17 heavy (non-hydrogen) atoms. The zero-order valence-electron chi connectivity index (χ0n) is 9.39. The van der Waals surface area contributed by atoms with Crippen LogP contribution in [0.5, 0.6) is 5.75 Å². The lowest BCUT2D eigenvalue weighted by molar-refractivity contribution is -0.108. The number of phenolic OH excluding ortho intramolecular Hbond substituents is 1. The molecule has 0 aliphatic heterocycles. The highest BCUT2D eigenvalue weighted by Gasteiger charge is 2.26. The number of hydrogen-bond donors (Lipinski definition) is 2. The van der Waals surface area contributed by atoms with Gasteiger partial charge in [0, 0.05) is 23.1 Å². The average Bonchev–Trinajstić information content (AvgIpc) is 2.66. The first-order valence-electron chi connectivity index (χ1n) is 5.83. The molecular weight excluding hydrogens is 216 g/mol. The number of nitrogens with zero attached hydrogens (tertiary/aromatic N) is 1. The van der Waals surface area contributed by atoms with Gasteiger partial charge in [0.25, 0.3) is 0 Å². The van der Waals surface area contributed by atoms with Gasteiger partial charge in [0.2, 0.25) is 6.41 Å². The largest absolute Gasteiger partial charge is 0.508 e. The molecule has 4 heteroatoms. The number of phenols is 1. The monoisotopic (exact) mass is 230 g/mol. The lowest BCUT2D eigenvalue weighted by Gasteiger charge is -2.34. The van der Waals surface area contributed by atoms with E-state index in [0.29, 0.717) is 6.04 Å². The Morgan fingerprint density at radius 3 is 2.88 bits per heavy atom. The van der Waals surface area contributed by atoms with Gasteiger partial charge >= 0.3 is 0 Å². The molecule has 1 fully saturated rings. The highest BCUT2D eigenvalue weighted by molar-refractivity contribution is 5.98. The van der Waals surface area contributed by atoms with Crippen LogP contribution in [0.3, 0.4) is 0 Å². The van der Waals surface area contributed by atoms with Crippen LogP contribution >= 0.6 is 0 Å². The first kappa shape index (κ1) is 10.2. The Hall–Kier alpha value is -1.97. The Labute approximate surface area is 98.9 Å². The van der Waals surface area contributed by atoms with Gasteiger partial charge in [-0.05, 0) is 37.5 Å². The van der Waals surface area contributed by atoms with Crippen molar-refractivity contribution in [2.75, 3.05) is 4.90 Å². The molecule has 0 saturated heterocycles. The minimum absolute atomic E-state index is 0.220. The molecule has 1 aromatic heterocycles. The van der Waals surface area contributed by atoms with E-state index in [4.69, 9.17) is 0 Å². The second-order valence-corrected chi connectivity index (χ2v) is 4.50. The van der Waals surface area contributed by atoms with Crippen molar-refractivity contribution in [3.05, 3.63) is 24.4 Å².